The Hall–Kier alpha value is -4.18. The normalized spacial score (nSPS) is 16.7. The molecule has 1 unspecified atom stereocenters. The van der Waals surface area contributed by atoms with Crippen LogP contribution >= 0.6 is 0 Å². The Morgan fingerprint density at radius 3 is 1.72 bits per heavy atom. The number of hydrogen-bond donors (Lipinski definition) is 2. The molecule has 0 saturated carbocycles. The quantitative estimate of drug-likeness (QED) is 0.233. The highest BCUT2D eigenvalue weighted by molar-refractivity contribution is 6.58. The van der Waals surface area contributed by atoms with Gasteiger partial charge in [-0.3, -0.25) is 0 Å². The average Bonchev–Trinajstić information content (AvgIpc) is 3.40. The summed E-state index contributed by atoms with van der Waals surface area (Å²) in [7, 11) is -1.53. The molecule has 6 aromatic rings. The van der Waals surface area contributed by atoms with Crippen LogP contribution in [0.15, 0.2) is 115 Å². The van der Waals surface area contributed by atoms with Crippen molar-refractivity contribution in [3.63, 3.8) is 0 Å². The minimum atomic E-state index is -1.53. The van der Waals surface area contributed by atoms with E-state index in [4.69, 9.17) is 0 Å². The van der Waals surface area contributed by atoms with Crippen LogP contribution in [0.25, 0.3) is 43.8 Å². The number of rotatable bonds is 1. The summed E-state index contributed by atoms with van der Waals surface area (Å²) < 4.78 is 0. The highest BCUT2D eigenvalue weighted by atomic mass is 16.4. The Morgan fingerprint density at radius 1 is 0.472 bits per heavy atom. The van der Waals surface area contributed by atoms with Crippen LogP contribution in [0.4, 0.5) is 0 Å². The standard InChI is InChI=1S/C33H21BO2/c35-34(36)20-17-18-24-23-11-5-7-15-28(23)33(30(24)19-20)29-16-8-6-14-27(29)31-25-12-3-1-9-21(25)22-10-2-4-13-26(22)32(31)33/h1-19,35-36H. The summed E-state index contributed by atoms with van der Waals surface area (Å²) in [6.07, 6.45) is 0. The van der Waals surface area contributed by atoms with E-state index < -0.39 is 12.5 Å². The first-order chi connectivity index (χ1) is 17.7. The first-order valence-electron chi connectivity index (χ1n) is 12.4. The highest BCUT2D eigenvalue weighted by Gasteiger charge is 2.53. The molecule has 0 amide bonds. The lowest BCUT2D eigenvalue weighted by atomic mass is 9.67. The SMILES string of the molecule is OB(O)c1ccc2c(c1)C1(c3ccccc3-2)c2ccccc2-c2c1c1ccccc1c1ccccc21. The summed E-state index contributed by atoms with van der Waals surface area (Å²) >= 11 is 0. The van der Waals surface area contributed by atoms with Gasteiger partial charge in [-0.05, 0) is 71.5 Å². The largest absolute Gasteiger partial charge is 0.488 e. The van der Waals surface area contributed by atoms with Gasteiger partial charge >= 0.3 is 7.12 Å². The third-order valence-electron chi connectivity index (χ3n) is 8.28. The molecular weight excluding hydrogens is 439 g/mol. The molecule has 1 atom stereocenters. The molecular formula is C33H21BO2. The van der Waals surface area contributed by atoms with Crippen LogP contribution in [-0.2, 0) is 5.41 Å². The van der Waals surface area contributed by atoms with Crippen molar-refractivity contribution in [1.82, 2.24) is 0 Å². The van der Waals surface area contributed by atoms with Crippen LogP contribution in [0.3, 0.4) is 0 Å². The molecule has 0 aliphatic heterocycles. The lowest BCUT2D eigenvalue weighted by Crippen LogP contribution is -2.33. The summed E-state index contributed by atoms with van der Waals surface area (Å²) in [6, 6.07) is 40.8. The fourth-order valence-corrected chi connectivity index (χ4v) is 6.99. The second-order valence-electron chi connectivity index (χ2n) is 9.86. The van der Waals surface area contributed by atoms with E-state index in [0.717, 1.165) is 11.1 Å². The van der Waals surface area contributed by atoms with Crippen molar-refractivity contribution in [1.29, 1.82) is 0 Å². The molecule has 2 aliphatic carbocycles. The molecule has 0 aromatic heterocycles. The van der Waals surface area contributed by atoms with Crippen molar-refractivity contribution in [3.05, 3.63) is 138 Å². The Kier molecular flexibility index (Phi) is 3.87. The molecule has 0 bridgehead atoms. The van der Waals surface area contributed by atoms with Crippen molar-refractivity contribution in [3.8, 4) is 22.3 Å². The van der Waals surface area contributed by atoms with Gasteiger partial charge in [0.1, 0.15) is 0 Å². The summed E-state index contributed by atoms with van der Waals surface area (Å²) in [5, 5.41) is 25.3. The second-order valence-corrected chi connectivity index (χ2v) is 9.86. The molecule has 0 heterocycles. The van der Waals surface area contributed by atoms with Gasteiger partial charge < -0.3 is 10.0 Å². The zero-order chi connectivity index (χ0) is 24.0. The minimum Gasteiger partial charge on any atom is -0.423 e. The number of benzene rings is 6. The molecule has 36 heavy (non-hydrogen) atoms. The molecule has 2 aliphatic rings. The monoisotopic (exact) mass is 460 g/mol. The maximum absolute atomic E-state index is 10.2. The predicted octanol–water partition coefficient (Wildman–Crippen LogP) is 6.02. The maximum atomic E-state index is 10.2. The molecule has 0 radical (unpaired) electrons. The minimum absolute atomic E-state index is 0.511. The van der Waals surface area contributed by atoms with Crippen molar-refractivity contribution in [2.75, 3.05) is 0 Å². The van der Waals surface area contributed by atoms with E-state index in [2.05, 4.69) is 103 Å². The first kappa shape index (κ1) is 20.1. The molecule has 8 rings (SSSR count). The maximum Gasteiger partial charge on any atom is 0.488 e. The molecule has 0 saturated heterocycles. The van der Waals surface area contributed by atoms with Crippen LogP contribution in [0.1, 0.15) is 22.3 Å². The third-order valence-corrected chi connectivity index (χ3v) is 8.28. The van der Waals surface area contributed by atoms with Gasteiger partial charge in [-0.15, -0.1) is 0 Å². The molecule has 1 spiro atoms. The van der Waals surface area contributed by atoms with Crippen molar-refractivity contribution >= 4 is 34.1 Å². The fraction of sp³-hybridized carbons (Fsp3) is 0.0303. The highest BCUT2D eigenvalue weighted by Crippen LogP contribution is 2.65. The molecule has 6 aromatic carbocycles. The zero-order valence-corrected chi connectivity index (χ0v) is 19.4. The van der Waals surface area contributed by atoms with Crippen LogP contribution < -0.4 is 5.46 Å². The van der Waals surface area contributed by atoms with Crippen molar-refractivity contribution in [2.45, 2.75) is 5.41 Å². The van der Waals surface area contributed by atoms with Gasteiger partial charge in [0, 0.05) is 0 Å². The lowest BCUT2D eigenvalue weighted by Gasteiger charge is -2.32. The Balaban J connectivity index is 1.68. The van der Waals surface area contributed by atoms with Gasteiger partial charge in [-0.25, -0.2) is 0 Å². The van der Waals surface area contributed by atoms with E-state index in [-0.39, 0.29) is 0 Å². The smallest absolute Gasteiger partial charge is 0.423 e. The van der Waals surface area contributed by atoms with Crippen molar-refractivity contribution < 1.29 is 10.0 Å². The number of hydrogen-bond acceptors (Lipinski definition) is 2. The first-order valence-corrected chi connectivity index (χ1v) is 12.4. The molecule has 2 nitrogen and oxygen atoms in total. The van der Waals surface area contributed by atoms with Crippen LogP contribution in [-0.4, -0.2) is 17.2 Å². The summed E-state index contributed by atoms with van der Waals surface area (Å²) in [4.78, 5) is 0. The molecule has 0 fully saturated rings. The van der Waals surface area contributed by atoms with Crippen LogP contribution in [0.2, 0.25) is 0 Å². The third kappa shape index (κ3) is 2.26. The number of fused-ring (bicyclic) bond motifs is 15. The molecule has 2 N–H and O–H groups in total. The molecule has 168 valence electrons. The molecule has 3 heteroatoms. The predicted molar refractivity (Wildman–Crippen MR) is 148 cm³/mol. The van der Waals surface area contributed by atoms with Crippen LogP contribution in [0.5, 0.6) is 0 Å². The lowest BCUT2D eigenvalue weighted by molar-refractivity contribution is 0.425. The van der Waals surface area contributed by atoms with Crippen molar-refractivity contribution in [2.24, 2.45) is 0 Å². The van der Waals surface area contributed by atoms with Gasteiger partial charge in [0.2, 0.25) is 0 Å². The summed E-state index contributed by atoms with van der Waals surface area (Å²) in [6.45, 7) is 0. The van der Waals surface area contributed by atoms with E-state index in [9.17, 15) is 10.0 Å². The van der Waals surface area contributed by atoms with Gasteiger partial charge in [-0.2, -0.15) is 0 Å². The van der Waals surface area contributed by atoms with E-state index in [1.54, 1.807) is 0 Å². The second kappa shape index (κ2) is 6.95. The fourth-order valence-electron chi connectivity index (χ4n) is 6.99. The van der Waals surface area contributed by atoms with Gasteiger partial charge in [0.25, 0.3) is 0 Å². The topological polar surface area (TPSA) is 40.5 Å². The van der Waals surface area contributed by atoms with E-state index in [1.165, 1.54) is 54.9 Å². The summed E-state index contributed by atoms with van der Waals surface area (Å²) in [5.74, 6) is 0. The van der Waals surface area contributed by atoms with Gasteiger partial charge in [0.05, 0.1) is 5.41 Å². The van der Waals surface area contributed by atoms with E-state index >= 15 is 0 Å². The Labute approximate surface area is 209 Å². The Bertz CT molecular complexity index is 1890. The summed E-state index contributed by atoms with van der Waals surface area (Å²) in [5.41, 5.74) is 9.72. The zero-order valence-electron chi connectivity index (χ0n) is 19.4. The van der Waals surface area contributed by atoms with E-state index in [1.807, 2.05) is 12.1 Å². The average molecular weight is 460 g/mol. The van der Waals surface area contributed by atoms with E-state index in [0.29, 0.717) is 5.46 Å². The Morgan fingerprint density at radius 2 is 1.00 bits per heavy atom. The van der Waals surface area contributed by atoms with Gasteiger partial charge in [0.15, 0.2) is 0 Å². The van der Waals surface area contributed by atoms with Crippen LogP contribution in [0, 0.1) is 0 Å². The van der Waals surface area contributed by atoms with Gasteiger partial charge in [-0.1, -0.05) is 115 Å².